The van der Waals surface area contributed by atoms with Crippen molar-refractivity contribution in [3.63, 3.8) is 0 Å². The summed E-state index contributed by atoms with van der Waals surface area (Å²) in [6, 6.07) is 0. The van der Waals surface area contributed by atoms with E-state index >= 15 is 0 Å². The Hall–Kier alpha value is -0.713. The zero-order valence-electron chi connectivity index (χ0n) is 16.2. The maximum absolute atomic E-state index is 12.7. The molecule has 0 amide bonds. The van der Waals surface area contributed by atoms with Crippen molar-refractivity contribution in [3.05, 3.63) is 12.7 Å². The number of carbonyl (C=O) groups is 1. The van der Waals surface area contributed by atoms with Gasteiger partial charge >= 0.3 is 5.97 Å². The highest BCUT2D eigenvalue weighted by atomic mass is 28.1. The molecule has 0 saturated carbocycles. The number of halogens is 2. The van der Waals surface area contributed by atoms with Gasteiger partial charge in [0.25, 0.3) is 0 Å². The van der Waals surface area contributed by atoms with Crippen molar-refractivity contribution in [3.8, 4) is 0 Å². The van der Waals surface area contributed by atoms with E-state index in [1.807, 2.05) is 0 Å². The summed E-state index contributed by atoms with van der Waals surface area (Å²) in [5, 5.41) is 0. The predicted octanol–water partition coefficient (Wildman–Crippen LogP) is 5.53. The summed E-state index contributed by atoms with van der Waals surface area (Å²) in [5.41, 5.74) is -2.35. The highest BCUT2D eigenvalue weighted by Crippen LogP contribution is 2.18. The minimum Gasteiger partial charge on any atom is -0.463 e. The maximum Gasteiger partial charge on any atom is 0.330 e. The SMILES string of the molecule is C=CC(=O)OCCCCCCCCCCCCCCCCC(F)(F)[SiH3]. The quantitative estimate of drug-likeness (QED) is 0.136. The number of hydrogen-bond donors (Lipinski definition) is 0. The Morgan fingerprint density at radius 3 is 1.52 bits per heavy atom. The molecule has 0 radical (unpaired) electrons. The molecule has 2 nitrogen and oxygen atoms in total. The number of rotatable bonds is 18. The Bertz CT molecular complexity index is 330. The Kier molecular flexibility index (Phi) is 16.3. The molecule has 0 spiro atoms. The maximum atomic E-state index is 12.7. The van der Waals surface area contributed by atoms with Gasteiger partial charge in [-0.05, 0) is 12.8 Å². The molecule has 0 aromatic carbocycles. The Balaban J connectivity index is 3.07. The lowest BCUT2D eigenvalue weighted by Crippen LogP contribution is -2.14. The third-order valence-electron chi connectivity index (χ3n) is 4.42. The van der Waals surface area contributed by atoms with E-state index in [4.69, 9.17) is 4.74 Å². The molecule has 0 fully saturated rings. The van der Waals surface area contributed by atoms with Crippen LogP contribution in [0.5, 0.6) is 0 Å². The smallest absolute Gasteiger partial charge is 0.330 e. The number of hydrogen-bond acceptors (Lipinski definition) is 2. The molecule has 25 heavy (non-hydrogen) atoms. The van der Waals surface area contributed by atoms with Crippen LogP contribution in [0.25, 0.3) is 0 Å². The lowest BCUT2D eigenvalue weighted by Gasteiger charge is -2.09. The zero-order valence-corrected chi connectivity index (χ0v) is 18.2. The number of carbonyl (C=O) groups excluding carboxylic acids is 1. The monoisotopic (exact) mass is 376 g/mol. The molecule has 0 heterocycles. The van der Waals surface area contributed by atoms with Gasteiger partial charge in [0.05, 0.1) is 16.8 Å². The fourth-order valence-corrected chi connectivity index (χ4v) is 3.24. The first kappa shape index (κ1) is 24.3. The summed E-state index contributed by atoms with van der Waals surface area (Å²) in [7, 11) is -0.00599. The van der Waals surface area contributed by atoms with E-state index in [0.29, 0.717) is 13.0 Å². The second-order valence-corrected chi connectivity index (χ2v) is 8.60. The van der Waals surface area contributed by atoms with Gasteiger partial charge in [-0.3, -0.25) is 0 Å². The number of unbranched alkanes of at least 4 members (excludes halogenated alkanes) is 13. The summed E-state index contributed by atoms with van der Waals surface area (Å²) >= 11 is 0. The third kappa shape index (κ3) is 21.2. The predicted molar refractivity (Wildman–Crippen MR) is 105 cm³/mol. The summed E-state index contributed by atoms with van der Waals surface area (Å²) in [6.45, 7) is 3.87. The van der Waals surface area contributed by atoms with Crippen LogP contribution in [-0.4, -0.2) is 28.4 Å². The van der Waals surface area contributed by atoms with Gasteiger partial charge in [-0.2, -0.15) is 0 Å². The molecule has 0 atom stereocenters. The van der Waals surface area contributed by atoms with Crippen molar-refractivity contribution in [1.29, 1.82) is 0 Å². The molecular formula is C20H38F2O2Si. The van der Waals surface area contributed by atoms with Crippen molar-refractivity contribution in [2.75, 3.05) is 6.61 Å². The number of alkyl halides is 2. The van der Waals surface area contributed by atoms with Gasteiger partial charge in [-0.25, -0.2) is 13.6 Å². The molecule has 0 aromatic rings. The van der Waals surface area contributed by atoms with E-state index < -0.39 is 5.55 Å². The van der Waals surface area contributed by atoms with Crippen LogP contribution in [0.15, 0.2) is 12.7 Å². The molecule has 0 aliphatic heterocycles. The number of ether oxygens (including phenoxy) is 1. The van der Waals surface area contributed by atoms with Gasteiger partial charge in [0, 0.05) is 12.5 Å². The minimum absolute atomic E-state index is 0.00599. The van der Waals surface area contributed by atoms with Crippen LogP contribution < -0.4 is 0 Å². The van der Waals surface area contributed by atoms with Crippen molar-refractivity contribution in [2.45, 2.75) is 102 Å². The summed E-state index contributed by atoms with van der Waals surface area (Å²) < 4.78 is 30.3. The van der Waals surface area contributed by atoms with Gasteiger partial charge in [0.15, 0.2) is 0 Å². The lowest BCUT2D eigenvalue weighted by molar-refractivity contribution is -0.137. The van der Waals surface area contributed by atoms with Crippen LogP contribution in [-0.2, 0) is 9.53 Å². The fourth-order valence-electron chi connectivity index (χ4n) is 2.89. The van der Waals surface area contributed by atoms with Crippen LogP contribution in [0, 0.1) is 0 Å². The second kappa shape index (κ2) is 16.7. The van der Waals surface area contributed by atoms with Gasteiger partial charge in [0.2, 0.25) is 5.55 Å². The summed E-state index contributed by atoms with van der Waals surface area (Å²) in [6.07, 6.45) is 17.5. The van der Waals surface area contributed by atoms with E-state index in [2.05, 4.69) is 6.58 Å². The second-order valence-electron chi connectivity index (χ2n) is 7.14. The van der Waals surface area contributed by atoms with E-state index in [1.54, 1.807) is 0 Å². The molecule has 5 heteroatoms. The standard InChI is InChI=1S/C20H38F2O2Si/c1-2-19(23)24-18-16-14-12-10-8-6-4-3-5-7-9-11-13-15-17-20(21,22)25/h2H,1,3-18H2,25H3. The van der Waals surface area contributed by atoms with Crippen molar-refractivity contribution in [1.82, 2.24) is 0 Å². The van der Waals surface area contributed by atoms with Gasteiger partial charge < -0.3 is 4.74 Å². The normalized spacial score (nSPS) is 11.6. The van der Waals surface area contributed by atoms with Crippen LogP contribution in [0.4, 0.5) is 8.78 Å². The van der Waals surface area contributed by atoms with E-state index in [1.165, 1.54) is 63.9 Å². The lowest BCUT2D eigenvalue weighted by atomic mass is 10.0. The van der Waals surface area contributed by atoms with Crippen molar-refractivity contribution < 1.29 is 18.3 Å². The van der Waals surface area contributed by atoms with Crippen LogP contribution in [0.2, 0.25) is 0 Å². The van der Waals surface area contributed by atoms with Crippen LogP contribution in [0.3, 0.4) is 0 Å². The first-order chi connectivity index (χ1) is 12.0. The third-order valence-corrected chi connectivity index (χ3v) is 4.92. The first-order valence-corrected chi connectivity index (χ1v) is 11.1. The topological polar surface area (TPSA) is 26.3 Å². The van der Waals surface area contributed by atoms with E-state index in [9.17, 15) is 13.6 Å². The van der Waals surface area contributed by atoms with Crippen LogP contribution in [0.1, 0.15) is 96.3 Å². The molecule has 0 aliphatic rings. The van der Waals surface area contributed by atoms with Gasteiger partial charge in [-0.15, -0.1) is 0 Å². The van der Waals surface area contributed by atoms with Crippen molar-refractivity contribution >= 4 is 16.2 Å². The molecule has 0 bridgehead atoms. The zero-order chi connectivity index (χ0) is 18.8. The Morgan fingerprint density at radius 1 is 0.800 bits per heavy atom. The minimum atomic E-state index is -2.35. The van der Waals surface area contributed by atoms with E-state index in [0.717, 1.165) is 25.7 Å². The Morgan fingerprint density at radius 2 is 1.16 bits per heavy atom. The molecular weight excluding hydrogens is 338 g/mol. The molecule has 0 N–H and O–H groups in total. The molecule has 0 aliphatic carbocycles. The molecule has 0 aromatic heterocycles. The van der Waals surface area contributed by atoms with Gasteiger partial charge in [-0.1, -0.05) is 83.6 Å². The summed E-state index contributed by atoms with van der Waals surface area (Å²) in [4.78, 5) is 10.8. The van der Waals surface area contributed by atoms with Gasteiger partial charge in [0.1, 0.15) is 0 Å². The average Bonchev–Trinajstić information content (AvgIpc) is 2.56. The van der Waals surface area contributed by atoms with Crippen molar-refractivity contribution in [2.24, 2.45) is 0 Å². The molecule has 0 rings (SSSR count). The molecule has 0 saturated heterocycles. The van der Waals surface area contributed by atoms with Crippen LogP contribution >= 0.6 is 0 Å². The average molecular weight is 377 g/mol. The largest absolute Gasteiger partial charge is 0.463 e. The molecule has 148 valence electrons. The highest BCUT2D eigenvalue weighted by molar-refractivity contribution is 6.13. The number of esters is 1. The highest BCUT2D eigenvalue weighted by Gasteiger charge is 2.18. The van der Waals surface area contributed by atoms with E-state index in [-0.39, 0.29) is 22.6 Å². The Labute approximate surface area is 156 Å². The fraction of sp³-hybridized carbons (Fsp3) is 0.850. The first-order valence-electron chi connectivity index (χ1n) is 10.1. The molecule has 0 unspecified atom stereocenters. The summed E-state index contributed by atoms with van der Waals surface area (Å²) in [5.74, 6) is -0.330.